The Labute approximate surface area is 163 Å². The fourth-order valence-corrected chi connectivity index (χ4v) is 3.59. The number of carbonyl (C=O) groups is 1. The molecule has 0 unspecified atom stereocenters. The second kappa shape index (κ2) is 8.24. The van der Waals surface area contributed by atoms with Gasteiger partial charge in [-0.15, -0.1) is 0 Å². The number of rotatable bonds is 5. The van der Waals surface area contributed by atoms with E-state index in [1.165, 1.54) is 0 Å². The van der Waals surface area contributed by atoms with E-state index in [0.29, 0.717) is 31.3 Å². The van der Waals surface area contributed by atoms with Crippen molar-refractivity contribution in [2.24, 2.45) is 0 Å². The van der Waals surface area contributed by atoms with E-state index in [-0.39, 0.29) is 11.9 Å². The molecule has 0 radical (unpaired) electrons. The van der Waals surface area contributed by atoms with E-state index in [0.717, 1.165) is 30.5 Å². The van der Waals surface area contributed by atoms with E-state index in [4.69, 9.17) is 4.52 Å². The topological polar surface area (TPSA) is 89.1 Å². The summed E-state index contributed by atoms with van der Waals surface area (Å²) in [6.07, 6.45) is 5.60. The van der Waals surface area contributed by atoms with Crippen LogP contribution in [0.25, 0.3) is 0 Å². The Bertz CT molecular complexity index is 920. The van der Waals surface area contributed by atoms with Crippen molar-refractivity contribution in [3.63, 3.8) is 0 Å². The van der Waals surface area contributed by atoms with Gasteiger partial charge in [0.2, 0.25) is 5.89 Å². The van der Waals surface area contributed by atoms with Crippen molar-refractivity contribution in [2.75, 3.05) is 13.1 Å². The highest BCUT2D eigenvalue weighted by atomic mass is 16.5. The summed E-state index contributed by atoms with van der Waals surface area (Å²) in [5.74, 6) is 1.38. The number of amides is 2. The molecule has 28 heavy (non-hydrogen) atoms. The normalized spacial score (nSPS) is 16.9. The van der Waals surface area contributed by atoms with Gasteiger partial charge in [-0.2, -0.15) is 10.1 Å². The maximum atomic E-state index is 12.7. The third-order valence-corrected chi connectivity index (χ3v) is 5.06. The van der Waals surface area contributed by atoms with E-state index in [9.17, 15) is 4.79 Å². The van der Waals surface area contributed by atoms with Crippen molar-refractivity contribution in [1.29, 1.82) is 0 Å². The third kappa shape index (κ3) is 4.21. The van der Waals surface area contributed by atoms with Crippen molar-refractivity contribution in [1.82, 2.24) is 30.1 Å². The van der Waals surface area contributed by atoms with Gasteiger partial charge in [-0.25, -0.2) is 4.79 Å². The van der Waals surface area contributed by atoms with Crippen LogP contribution in [0.1, 0.15) is 41.6 Å². The highest BCUT2D eigenvalue weighted by molar-refractivity contribution is 5.74. The van der Waals surface area contributed by atoms with Gasteiger partial charge in [-0.05, 0) is 30.0 Å². The lowest BCUT2D eigenvalue weighted by Crippen LogP contribution is -2.45. The summed E-state index contributed by atoms with van der Waals surface area (Å²) in [7, 11) is 0. The summed E-state index contributed by atoms with van der Waals surface area (Å²) in [6, 6.07) is 9.95. The molecule has 1 aliphatic rings. The first-order valence-corrected chi connectivity index (χ1v) is 9.56. The smallest absolute Gasteiger partial charge is 0.317 e. The monoisotopic (exact) mass is 380 g/mol. The molecule has 146 valence electrons. The largest absolute Gasteiger partial charge is 0.340 e. The quantitative estimate of drug-likeness (QED) is 0.735. The number of aryl methyl sites for hydroxylation is 1. The molecule has 1 N–H and O–H groups in total. The fourth-order valence-electron chi connectivity index (χ4n) is 3.59. The number of nitrogens with one attached hydrogen (secondary N) is 1. The Balaban J connectivity index is 1.36. The summed E-state index contributed by atoms with van der Waals surface area (Å²) in [6.45, 7) is 4.30. The predicted octanol–water partition coefficient (Wildman–Crippen LogP) is 2.71. The summed E-state index contributed by atoms with van der Waals surface area (Å²) in [5, 5.41) is 11.3. The Morgan fingerprint density at radius 2 is 2.14 bits per heavy atom. The van der Waals surface area contributed by atoms with Crippen molar-refractivity contribution >= 4 is 6.03 Å². The average Bonchev–Trinajstić information content (AvgIpc) is 3.39. The SMILES string of the molecule is Cc1nc([C@H]2CCCN(C(=O)NCc3ccccc3Cn3cccn3)C2)no1. The molecule has 8 heteroatoms. The number of aromatic nitrogens is 4. The van der Waals surface area contributed by atoms with Crippen LogP contribution in [0.4, 0.5) is 4.79 Å². The van der Waals surface area contributed by atoms with Crippen LogP contribution in [0.2, 0.25) is 0 Å². The molecule has 1 fully saturated rings. The van der Waals surface area contributed by atoms with Crippen LogP contribution in [-0.2, 0) is 13.1 Å². The van der Waals surface area contributed by atoms with Crippen molar-refractivity contribution in [3.8, 4) is 0 Å². The fraction of sp³-hybridized carbons (Fsp3) is 0.400. The van der Waals surface area contributed by atoms with Gasteiger partial charge in [-0.1, -0.05) is 29.4 Å². The van der Waals surface area contributed by atoms with E-state index >= 15 is 0 Å². The van der Waals surface area contributed by atoms with Gasteiger partial charge in [0, 0.05) is 44.9 Å². The molecule has 0 bridgehead atoms. The molecule has 1 aromatic carbocycles. The molecule has 1 aliphatic heterocycles. The van der Waals surface area contributed by atoms with Crippen molar-refractivity contribution in [2.45, 2.75) is 38.8 Å². The molecular weight excluding hydrogens is 356 g/mol. The Morgan fingerprint density at radius 3 is 2.89 bits per heavy atom. The standard InChI is InChI=1S/C20H24N6O2/c1-15-23-19(24-28-15)18-8-4-10-25(13-18)20(27)21-12-16-6-2-3-7-17(16)14-26-11-5-9-22-26/h2-3,5-7,9,11,18H,4,8,10,12-14H2,1H3,(H,21,27)/t18-/m0/s1. The third-order valence-electron chi connectivity index (χ3n) is 5.06. The van der Waals surface area contributed by atoms with Crippen LogP contribution in [0, 0.1) is 6.92 Å². The first-order valence-electron chi connectivity index (χ1n) is 9.56. The zero-order valence-electron chi connectivity index (χ0n) is 15.9. The molecule has 2 amide bonds. The zero-order chi connectivity index (χ0) is 19.3. The van der Waals surface area contributed by atoms with Gasteiger partial charge < -0.3 is 14.7 Å². The summed E-state index contributed by atoms with van der Waals surface area (Å²) < 4.78 is 6.97. The molecule has 4 rings (SSSR count). The van der Waals surface area contributed by atoms with E-state index in [1.54, 1.807) is 13.1 Å². The Kier molecular flexibility index (Phi) is 5.36. The molecule has 3 aromatic rings. The molecule has 0 spiro atoms. The van der Waals surface area contributed by atoms with Crippen LogP contribution in [0.15, 0.2) is 47.2 Å². The number of likely N-dealkylation sites (tertiary alicyclic amines) is 1. The minimum absolute atomic E-state index is 0.0567. The highest BCUT2D eigenvalue weighted by Crippen LogP contribution is 2.24. The maximum absolute atomic E-state index is 12.7. The van der Waals surface area contributed by atoms with Crippen molar-refractivity contribution < 1.29 is 9.32 Å². The maximum Gasteiger partial charge on any atom is 0.317 e. The number of hydrogen-bond acceptors (Lipinski definition) is 5. The molecule has 1 saturated heterocycles. The number of hydrogen-bond donors (Lipinski definition) is 1. The summed E-state index contributed by atoms with van der Waals surface area (Å²) in [4.78, 5) is 18.9. The number of nitrogens with zero attached hydrogens (tertiary/aromatic N) is 5. The lowest BCUT2D eigenvalue weighted by molar-refractivity contribution is 0.177. The lowest BCUT2D eigenvalue weighted by atomic mass is 9.97. The average molecular weight is 380 g/mol. The van der Waals surface area contributed by atoms with Crippen LogP contribution in [0.3, 0.4) is 0 Å². The van der Waals surface area contributed by atoms with E-state index in [2.05, 4.69) is 26.6 Å². The van der Waals surface area contributed by atoms with Gasteiger partial charge in [0.25, 0.3) is 0 Å². The molecule has 3 heterocycles. The summed E-state index contributed by atoms with van der Waals surface area (Å²) >= 11 is 0. The van der Waals surface area contributed by atoms with E-state index in [1.807, 2.05) is 40.0 Å². The molecule has 8 nitrogen and oxygen atoms in total. The van der Waals surface area contributed by atoms with Crippen molar-refractivity contribution in [3.05, 3.63) is 65.6 Å². The second-order valence-corrected chi connectivity index (χ2v) is 7.09. The number of piperidine rings is 1. The molecule has 2 aromatic heterocycles. The van der Waals surface area contributed by atoms with Crippen LogP contribution in [-0.4, -0.2) is 43.9 Å². The van der Waals surface area contributed by atoms with Gasteiger partial charge in [-0.3, -0.25) is 4.68 Å². The van der Waals surface area contributed by atoms with E-state index < -0.39 is 0 Å². The lowest BCUT2D eigenvalue weighted by Gasteiger charge is -2.31. The first kappa shape index (κ1) is 18.2. The number of urea groups is 1. The molecule has 0 saturated carbocycles. The molecule has 0 aliphatic carbocycles. The Hall–Kier alpha value is -3.16. The minimum atomic E-state index is -0.0567. The zero-order valence-corrected chi connectivity index (χ0v) is 15.9. The predicted molar refractivity (Wildman–Crippen MR) is 103 cm³/mol. The second-order valence-electron chi connectivity index (χ2n) is 7.09. The Morgan fingerprint density at radius 1 is 1.29 bits per heavy atom. The number of carbonyl (C=O) groups excluding carboxylic acids is 1. The van der Waals surface area contributed by atoms with Crippen LogP contribution in [0.5, 0.6) is 0 Å². The summed E-state index contributed by atoms with van der Waals surface area (Å²) in [5.41, 5.74) is 2.24. The van der Waals surface area contributed by atoms with Gasteiger partial charge in [0.05, 0.1) is 6.54 Å². The first-order chi connectivity index (χ1) is 13.7. The molecular formula is C20H24N6O2. The molecule has 1 atom stereocenters. The number of benzene rings is 1. The van der Waals surface area contributed by atoms with Crippen LogP contribution < -0.4 is 5.32 Å². The van der Waals surface area contributed by atoms with Gasteiger partial charge >= 0.3 is 6.03 Å². The van der Waals surface area contributed by atoms with Crippen LogP contribution >= 0.6 is 0 Å². The van der Waals surface area contributed by atoms with Gasteiger partial charge in [0.15, 0.2) is 5.82 Å². The van der Waals surface area contributed by atoms with Gasteiger partial charge in [0.1, 0.15) is 0 Å². The highest BCUT2D eigenvalue weighted by Gasteiger charge is 2.27. The minimum Gasteiger partial charge on any atom is -0.340 e.